The third-order valence-electron chi connectivity index (χ3n) is 6.17. The molecule has 0 spiro atoms. The minimum absolute atomic E-state index is 0.0923. The van der Waals surface area contributed by atoms with Crippen LogP contribution >= 0.6 is 0 Å². The van der Waals surface area contributed by atoms with Crippen molar-refractivity contribution in [2.24, 2.45) is 0 Å². The van der Waals surface area contributed by atoms with Gasteiger partial charge in [-0.2, -0.15) is 27.1 Å². The van der Waals surface area contributed by atoms with Gasteiger partial charge in [0.1, 0.15) is 23.6 Å². The van der Waals surface area contributed by atoms with Crippen molar-refractivity contribution >= 4 is 23.1 Å². The molecule has 0 aliphatic carbocycles. The van der Waals surface area contributed by atoms with Crippen molar-refractivity contribution in [3.63, 3.8) is 0 Å². The highest BCUT2D eigenvalue weighted by Crippen LogP contribution is 2.35. The average Bonchev–Trinajstić information content (AvgIpc) is 3.42. The van der Waals surface area contributed by atoms with Crippen molar-refractivity contribution in [1.29, 1.82) is 0 Å². The fraction of sp³-hybridized carbons (Fsp3) is 0.409. The van der Waals surface area contributed by atoms with E-state index in [1.807, 2.05) is 0 Å². The molecule has 12 nitrogen and oxygen atoms in total. The minimum atomic E-state index is -5.31. The second-order valence-electron chi connectivity index (χ2n) is 8.83. The van der Waals surface area contributed by atoms with Gasteiger partial charge < -0.3 is 30.5 Å². The van der Waals surface area contributed by atoms with Gasteiger partial charge >= 0.3 is 12.8 Å². The number of pyridine rings is 1. The number of hydrogen-bond acceptors (Lipinski definition) is 9. The zero-order valence-electron chi connectivity index (χ0n) is 20.6. The molecule has 3 aromatic heterocycles. The van der Waals surface area contributed by atoms with Crippen molar-refractivity contribution in [1.82, 2.24) is 29.8 Å². The average molecular weight is 577 g/mol. The van der Waals surface area contributed by atoms with Gasteiger partial charge in [0.25, 0.3) is 11.8 Å². The van der Waals surface area contributed by atoms with Gasteiger partial charge in [0.05, 0.1) is 25.4 Å². The number of nitrogens with one attached hydrogen (secondary N) is 1. The Bertz CT molecular complexity index is 1450. The largest absolute Gasteiger partial charge is 0.480 e. The van der Waals surface area contributed by atoms with Gasteiger partial charge in [-0.1, -0.05) is 0 Å². The van der Waals surface area contributed by atoms with Gasteiger partial charge in [-0.3, -0.25) is 9.59 Å². The van der Waals surface area contributed by atoms with Crippen LogP contribution < -0.4 is 20.5 Å². The number of amides is 2. The number of halogens is 6. The molecule has 4 rings (SSSR count). The number of carbonyl (C=O) groups excluding carboxylic acids is 2. The highest BCUT2D eigenvalue weighted by atomic mass is 19.4. The van der Waals surface area contributed by atoms with E-state index in [0.717, 1.165) is 16.9 Å². The fourth-order valence-electron chi connectivity index (χ4n) is 4.08. The summed E-state index contributed by atoms with van der Waals surface area (Å²) in [6.45, 7) is -4.44. The monoisotopic (exact) mass is 577 g/mol. The molecule has 2 amide bonds. The second-order valence-corrected chi connectivity index (χ2v) is 8.83. The Labute approximate surface area is 220 Å². The van der Waals surface area contributed by atoms with Crippen molar-refractivity contribution in [3.05, 3.63) is 30.2 Å². The molecule has 216 valence electrons. The van der Waals surface area contributed by atoms with Crippen molar-refractivity contribution in [2.45, 2.75) is 37.5 Å². The molecule has 0 unspecified atom stereocenters. The van der Waals surface area contributed by atoms with E-state index in [1.165, 1.54) is 19.4 Å². The quantitative estimate of drug-likeness (QED) is 0.355. The zero-order chi connectivity index (χ0) is 29.6. The Morgan fingerprint density at radius 1 is 1.23 bits per heavy atom. The first-order valence-electron chi connectivity index (χ1n) is 11.3. The van der Waals surface area contributed by atoms with Gasteiger partial charge in [0, 0.05) is 24.4 Å². The van der Waals surface area contributed by atoms with Gasteiger partial charge in [-0.05, 0) is 13.0 Å². The lowest BCUT2D eigenvalue weighted by Crippen LogP contribution is -2.56. The number of rotatable bonds is 7. The maximum atomic E-state index is 14.7. The number of fused-ring (bicyclic) bond motifs is 1. The minimum Gasteiger partial charge on any atom is -0.480 e. The zero-order valence-corrected chi connectivity index (χ0v) is 20.6. The molecule has 4 heterocycles. The number of carbonyl (C=O) groups is 2. The van der Waals surface area contributed by atoms with E-state index in [2.05, 4.69) is 25.1 Å². The topological polar surface area (TPSA) is 157 Å². The molecule has 0 aromatic carbocycles. The normalized spacial score (nSPS) is 19.1. The number of alkyl halides is 6. The molecular weight excluding hydrogens is 556 g/mol. The number of aromatic nitrogens is 4. The SMILES string of the molecule is COc1ncc(-c2cc(OC(F)F)c3c(N)ncnn23)cc1C(=O)N[C@@H]1CN(C(=O)[C@@](C)(O)C(F)(F)F)C[C@@H]1F. The van der Waals surface area contributed by atoms with Crippen LogP contribution in [0.4, 0.5) is 32.2 Å². The molecule has 3 atom stereocenters. The Morgan fingerprint density at radius 3 is 2.55 bits per heavy atom. The summed E-state index contributed by atoms with van der Waals surface area (Å²) in [5, 5.41) is 15.9. The number of anilines is 1. The van der Waals surface area contributed by atoms with E-state index in [1.54, 1.807) is 0 Å². The van der Waals surface area contributed by atoms with Gasteiger partial charge in [0.2, 0.25) is 11.5 Å². The van der Waals surface area contributed by atoms with Crippen LogP contribution in [0.3, 0.4) is 0 Å². The summed E-state index contributed by atoms with van der Waals surface area (Å²) >= 11 is 0. The molecule has 3 aromatic rings. The summed E-state index contributed by atoms with van der Waals surface area (Å²) in [5.74, 6) is -3.54. The summed E-state index contributed by atoms with van der Waals surface area (Å²) in [7, 11) is 1.18. The summed E-state index contributed by atoms with van der Waals surface area (Å²) in [4.78, 5) is 33.5. The van der Waals surface area contributed by atoms with E-state index >= 15 is 0 Å². The number of nitrogens with zero attached hydrogens (tertiary/aromatic N) is 5. The fourth-order valence-corrected chi connectivity index (χ4v) is 4.08. The first kappa shape index (κ1) is 28.7. The first-order chi connectivity index (χ1) is 18.7. The van der Waals surface area contributed by atoms with Crippen LogP contribution in [0.25, 0.3) is 16.8 Å². The van der Waals surface area contributed by atoms with Gasteiger partial charge in [-0.15, -0.1) is 0 Å². The summed E-state index contributed by atoms with van der Waals surface area (Å²) in [6, 6.07) is 0.927. The standard InChI is InChI=1S/C22H21F6N7O5/c1-21(38,22(26,27)28)19(37)34-6-11(23)12(7-34)33-17(36)10-3-9(5-30-18(10)39-2)13-4-14(40-20(24)25)15-16(29)31-8-32-35(13)15/h3-5,8,11-12,20,38H,6-7H2,1-2H3,(H,33,36)(H2,29,31,32)/t11-,12+,21+/m0/s1. The third-order valence-corrected chi connectivity index (χ3v) is 6.17. The van der Waals surface area contributed by atoms with Crippen LogP contribution in [-0.2, 0) is 4.79 Å². The van der Waals surface area contributed by atoms with Crippen LogP contribution in [0.5, 0.6) is 11.6 Å². The molecule has 40 heavy (non-hydrogen) atoms. The number of ether oxygens (including phenoxy) is 2. The summed E-state index contributed by atoms with van der Waals surface area (Å²) < 4.78 is 90.5. The molecule has 1 fully saturated rings. The van der Waals surface area contributed by atoms with Crippen molar-refractivity contribution in [2.75, 3.05) is 25.9 Å². The molecule has 0 saturated carbocycles. The Kier molecular flexibility index (Phi) is 7.39. The lowest BCUT2D eigenvalue weighted by molar-refractivity contribution is -0.249. The molecule has 0 bridgehead atoms. The number of aliphatic hydroxyl groups is 1. The number of nitrogen functional groups attached to an aromatic ring is 1. The second kappa shape index (κ2) is 10.3. The predicted molar refractivity (Wildman–Crippen MR) is 123 cm³/mol. The highest BCUT2D eigenvalue weighted by molar-refractivity contribution is 5.98. The molecule has 18 heteroatoms. The van der Waals surface area contributed by atoms with E-state index < -0.39 is 55.5 Å². The van der Waals surface area contributed by atoms with Crippen LogP contribution in [0.1, 0.15) is 17.3 Å². The Morgan fingerprint density at radius 2 is 1.93 bits per heavy atom. The third kappa shape index (κ3) is 5.13. The molecule has 1 aliphatic rings. The molecule has 0 radical (unpaired) electrons. The number of methoxy groups -OCH3 is 1. The van der Waals surface area contributed by atoms with E-state index in [9.17, 15) is 41.0 Å². The van der Waals surface area contributed by atoms with Crippen LogP contribution in [0.15, 0.2) is 24.7 Å². The number of nitrogens with two attached hydrogens (primary N) is 1. The number of likely N-dealkylation sites (tertiary alicyclic amines) is 1. The highest BCUT2D eigenvalue weighted by Gasteiger charge is 2.58. The van der Waals surface area contributed by atoms with E-state index in [0.29, 0.717) is 4.90 Å². The maximum absolute atomic E-state index is 14.7. The van der Waals surface area contributed by atoms with Crippen LogP contribution in [-0.4, -0.2) is 92.2 Å². The molecular formula is C22H21F6N7O5. The Hall–Kier alpha value is -4.35. The molecule has 4 N–H and O–H groups in total. The lowest BCUT2D eigenvalue weighted by Gasteiger charge is -2.29. The number of hydrogen-bond donors (Lipinski definition) is 3. The van der Waals surface area contributed by atoms with E-state index in [4.69, 9.17) is 10.5 Å². The smallest absolute Gasteiger partial charge is 0.426 e. The molecule has 1 saturated heterocycles. The van der Waals surface area contributed by atoms with Gasteiger partial charge in [-0.25, -0.2) is 18.9 Å². The van der Waals surface area contributed by atoms with Crippen LogP contribution in [0, 0.1) is 0 Å². The van der Waals surface area contributed by atoms with Crippen molar-refractivity contribution in [3.8, 4) is 22.9 Å². The maximum Gasteiger partial charge on any atom is 0.426 e. The molecule has 1 aliphatic heterocycles. The van der Waals surface area contributed by atoms with Gasteiger partial charge in [0.15, 0.2) is 11.6 Å². The first-order valence-corrected chi connectivity index (χ1v) is 11.3. The predicted octanol–water partition coefficient (Wildman–Crippen LogP) is 1.58. The van der Waals surface area contributed by atoms with E-state index in [-0.39, 0.29) is 46.7 Å². The summed E-state index contributed by atoms with van der Waals surface area (Å²) in [5.41, 5.74) is 1.90. The van der Waals surface area contributed by atoms with Crippen molar-refractivity contribution < 1.29 is 50.5 Å². The lowest BCUT2D eigenvalue weighted by atomic mass is 10.1. The summed E-state index contributed by atoms with van der Waals surface area (Å²) in [6.07, 6.45) is -5.01. The van der Waals surface area contributed by atoms with Crippen LogP contribution in [0.2, 0.25) is 0 Å². The Balaban J connectivity index is 1.63.